The average Bonchev–Trinajstić information content (AvgIpc) is 2.08. The number of carbonyl (C=O) groups excluding carboxylic acids is 1. The van der Waals surface area contributed by atoms with Crippen LogP contribution in [0, 0.1) is 5.82 Å². The molecule has 0 heterocycles. The number of halogens is 2. The summed E-state index contributed by atoms with van der Waals surface area (Å²) in [6.07, 6.45) is 0.257. The summed E-state index contributed by atoms with van der Waals surface area (Å²) in [4.78, 5) is 10.3. The van der Waals surface area contributed by atoms with Crippen LogP contribution >= 0.6 is 11.6 Å². The van der Waals surface area contributed by atoms with Crippen LogP contribution in [0.5, 0.6) is 0 Å². The predicted molar refractivity (Wildman–Crippen MR) is 46.6 cm³/mol. The number of benzene rings is 1. The van der Waals surface area contributed by atoms with Gasteiger partial charge in [0.15, 0.2) is 6.29 Å². The van der Waals surface area contributed by atoms with E-state index in [-0.39, 0.29) is 16.9 Å². The van der Waals surface area contributed by atoms with Crippen molar-refractivity contribution in [1.29, 1.82) is 0 Å². The van der Waals surface area contributed by atoms with Gasteiger partial charge in [-0.15, -0.1) is 0 Å². The first-order valence-corrected chi connectivity index (χ1v) is 3.74. The lowest BCUT2D eigenvalue weighted by molar-refractivity contribution is 0.112. The van der Waals surface area contributed by atoms with E-state index in [1.54, 1.807) is 0 Å². The minimum atomic E-state index is -1.97. The molecule has 0 saturated heterocycles. The third-order valence-corrected chi connectivity index (χ3v) is 1.72. The van der Waals surface area contributed by atoms with Crippen molar-refractivity contribution in [2.45, 2.75) is 0 Å². The maximum Gasteiger partial charge on any atom is 0.491 e. The molecule has 0 bridgehead atoms. The zero-order valence-corrected chi connectivity index (χ0v) is 7.12. The maximum absolute atomic E-state index is 13.1. The van der Waals surface area contributed by atoms with Crippen LogP contribution < -0.4 is 5.46 Å². The molecule has 1 aromatic rings. The second-order valence-electron chi connectivity index (χ2n) is 2.39. The second kappa shape index (κ2) is 3.87. The number of hydrogen-bond acceptors (Lipinski definition) is 3. The average molecular weight is 202 g/mol. The van der Waals surface area contributed by atoms with Crippen molar-refractivity contribution in [2.75, 3.05) is 0 Å². The monoisotopic (exact) mass is 202 g/mol. The van der Waals surface area contributed by atoms with Crippen molar-refractivity contribution < 1.29 is 19.2 Å². The van der Waals surface area contributed by atoms with Crippen molar-refractivity contribution in [3.63, 3.8) is 0 Å². The normalized spacial score (nSPS) is 9.85. The fourth-order valence-corrected chi connectivity index (χ4v) is 1.14. The molecule has 2 N–H and O–H groups in total. The predicted octanol–water partition coefficient (Wildman–Crippen LogP) is -0.0286. The van der Waals surface area contributed by atoms with Crippen LogP contribution in [0.3, 0.4) is 0 Å². The zero-order chi connectivity index (χ0) is 10.0. The van der Waals surface area contributed by atoms with Crippen LogP contribution in [0.2, 0.25) is 5.02 Å². The van der Waals surface area contributed by atoms with Gasteiger partial charge < -0.3 is 10.0 Å². The second-order valence-corrected chi connectivity index (χ2v) is 2.83. The minimum absolute atomic E-state index is 0.0756. The summed E-state index contributed by atoms with van der Waals surface area (Å²) in [6.45, 7) is 0. The molecule has 0 spiro atoms. The molecule has 0 fully saturated rings. The van der Waals surface area contributed by atoms with E-state index in [1.807, 2.05) is 0 Å². The lowest BCUT2D eigenvalue weighted by atomic mass is 9.79. The molecule has 0 amide bonds. The molecule has 6 heteroatoms. The van der Waals surface area contributed by atoms with Gasteiger partial charge in [-0.05, 0) is 12.1 Å². The zero-order valence-electron chi connectivity index (χ0n) is 6.37. The van der Waals surface area contributed by atoms with Gasteiger partial charge in [0.2, 0.25) is 0 Å². The van der Waals surface area contributed by atoms with Crippen molar-refractivity contribution in [3.05, 3.63) is 28.5 Å². The first-order chi connectivity index (χ1) is 6.06. The summed E-state index contributed by atoms with van der Waals surface area (Å²) in [7, 11) is -1.97. The first kappa shape index (κ1) is 10.2. The van der Waals surface area contributed by atoms with Crippen molar-refractivity contribution in [2.24, 2.45) is 0 Å². The van der Waals surface area contributed by atoms with E-state index >= 15 is 0 Å². The lowest BCUT2D eigenvalue weighted by Gasteiger charge is -2.03. The first-order valence-electron chi connectivity index (χ1n) is 3.36. The van der Waals surface area contributed by atoms with Crippen LogP contribution in [0.25, 0.3) is 0 Å². The number of aldehydes is 1. The van der Waals surface area contributed by atoms with E-state index in [1.165, 1.54) is 0 Å². The topological polar surface area (TPSA) is 57.5 Å². The highest BCUT2D eigenvalue weighted by atomic mass is 35.5. The van der Waals surface area contributed by atoms with Gasteiger partial charge in [0.25, 0.3) is 0 Å². The molecule has 0 aromatic heterocycles. The molecule has 13 heavy (non-hydrogen) atoms. The molecule has 0 radical (unpaired) electrons. The Labute approximate surface area is 78.9 Å². The third-order valence-electron chi connectivity index (χ3n) is 1.50. The van der Waals surface area contributed by atoms with Crippen LogP contribution in [0.4, 0.5) is 4.39 Å². The summed E-state index contributed by atoms with van der Waals surface area (Å²) < 4.78 is 13.1. The SMILES string of the molecule is O=Cc1cc(Cl)cc(B(O)O)c1F. The van der Waals surface area contributed by atoms with Crippen LogP contribution in [-0.4, -0.2) is 23.5 Å². The van der Waals surface area contributed by atoms with E-state index in [2.05, 4.69) is 0 Å². The van der Waals surface area contributed by atoms with Crippen molar-refractivity contribution >= 4 is 30.5 Å². The van der Waals surface area contributed by atoms with Crippen molar-refractivity contribution in [1.82, 2.24) is 0 Å². The Morgan fingerprint density at radius 3 is 2.54 bits per heavy atom. The smallest absolute Gasteiger partial charge is 0.423 e. The molecule has 0 saturated carbocycles. The molecular formula is C7H5BClFO3. The van der Waals surface area contributed by atoms with Gasteiger partial charge in [-0.3, -0.25) is 4.79 Å². The summed E-state index contributed by atoms with van der Waals surface area (Å²) in [5, 5.41) is 17.5. The summed E-state index contributed by atoms with van der Waals surface area (Å²) in [6, 6.07) is 2.16. The van der Waals surface area contributed by atoms with Gasteiger partial charge >= 0.3 is 7.12 Å². The van der Waals surface area contributed by atoms with Gasteiger partial charge in [0.1, 0.15) is 5.82 Å². The molecule has 1 rings (SSSR count). The van der Waals surface area contributed by atoms with Crippen LogP contribution in [-0.2, 0) is 0 Å². The Bertz CT molecular complexity index is 343. The molecule has 0 aliphatic carbocycles. The highest BCUT2D eigenvalue weighted by Crippen LogP contribution is 2.11. The molecule has 68 valence electrons. The van der Waals surface area contributed by atoms with E-state index in [9.17, 15) is 9.18 Å². The van der Waals surface area contributed by atoms with Crippen LogP contribution in [0.15, 0.2) is 12.1 Å². The quantitative estimate of drug-likeness (QED) is 0.523. The molecule has 0 aliphatic heterocycles. The lowest BCUT2D eigenvalue weighted by Crippen LogP contribution is -2.33. The molecule has 1 aromatic carbocycles. The Balaban J connectivity index is 3.35. The largest absolute Gasteiger partial charge is 0.491 e. The summed E-state index contributed by atoms with van der Waals surface area (Å²) in [5.41, 5.74) is -0.704. The minimum Gasteiger partial charge on any atom is -0.423 e. The Morgan fingerprint density at radius 2 is 2.08 bits per heavy atom. The molecule has 0 aliphatic rings. The molecule has 3 nitrogen and oxygen atoms in total. The van der Waals surface area contributed by atoms with Crippen LogP contribution in [0.1, 0.15) is 10.4 Å². The maximum atomic E-state index is 13.1. The van der Waals surface area contributed by atoms with E-state index in [4.69, 9.17) is 21.6 Å². The molecule has 0 unspecified atom stereocenters. The number of carbonyl (C=O) groups is 1. The van der Waals surface area contributed by atoms with E-state index in [0.29, 0.717) is 0 Å². The Morgan fingerprint density at radius 1 is 1.46 bits per heavy atom. The fourth-order valence-electron chi connectivity index (χ4n) is 0.906. The summed E-state index contributed by atoms with van der Waals surface area (Å²) >= 11 is 5.50. The Hall–Kier alpha value is -0.905. The van der Waals surface area contributed by atoms with E-state index in [0.717, 1.165) is 12.1 Å². The molecule has 0 atom stereocenters. The number of hydrogen-bond donors (Lipinski definition) is 2. The van der Waals surface area contributed by atoms with Gasteiger partial charge in [0, 0.05) is 10.5 Å². The third kappa shape index (κ3) is 2.06. The van der Waals surface area contributed by atoms with Gasteiger partial charge in [0.05, 0.1) is 5.56 Å². The summed E-state index contributed by atoms with van der Waals surface area (Å²) in [5.74, 6) is -0.964. The van der Waals surface area contributed by atoms with Gasteiger partial charge in [-0.25, -0.2) is 4.39 Å². The highest BCUT2D eigenvalue weighted by molar-refractivity contribution is 6.59. The molecular weight excluding hydrogens is 197 g/mol. The van der Waals surface area contributed by atoms with Gasteiger partial charge in [-0.2, -0.15) is 0 Å². The standard InChI is InChI=1S/C7H5BClFO3/c9-5-1-4(3-11)7(10)6(2-5)8(12)13/h1-3,12-13H. The van der Waals surface area contributed by atoms with Gasteiger partial charge in [-0.1, -0.05) is 11.6 Å². The highest BCUT2D eigenvalue weighted by Gasteiger charge is 2.19. The Kier molecular flexibility index (Phi) is 3.03. The fraction of sp³-hybridized carbons (Fsp3) is 0. The van der Waals surface area contributed by atoms with E-state index < -0.39 is 18.4 Å². The van der Waals surface area contributed by atoms with Crippen molar-refractivity contribution in [3.8, 4) is 0 Å². The number of rotatable bonds is 2.